The number of rotatable bonds is 9. The topological polar surface area (TPSA) is 94.3 Å². The molecule has 0 atom stereocenters. The number of nitrogens with zero attached hydrogens (tertiary/aromatic N) is 6. The van der Waals surface area contributed by atoms with Crippen LogP contribution in [-0.4, -0.2) is 34.7 Å². The van der Waals surface area contributed by atoms with E-state index in [1.165, 1.54) is 11.1 Å². The molecule has 0 saturated carbocycles. The van der Waals surface area contributed by atoms with E-state index in [0.717, 1.165) is 53.0 Å². The van der Waals surface area contributed by atoms with Gasteiger partial charge >= 0.3 is 5.69 Å². The zero-order valence-electron chi connectivity index (χ0n) is 22.3. The Morgan fingerprint density at radius 3 is 2.45 bits per heavy atom. The maximum atomic E-state index is 13.9. The number of nitrogens with one attached hydrogen (secondary N) is 1. The molecule has 0 fully saturated rings. The van der Waals surface area contributed by atoms with Crippen LogP contribution in [0, 0.1) is 0 Å². The summed E-state index contributed by atoms with van der Waals surface area (Å²) >= 11 is 0. The second-order valence-corrected chi connectivity index (χ2v) is 9.81. The first-order chi connectivity index (χ1) is 18.5. The molecular weight excluding hydrogens is 474 g/mol. The lowest BCUT2D eigenvalue weighted by Gasteiger charge is -2.16. The van der Waals surface area contributed by atoms with Crippen molar-refractivity contribution in [3.05, 3.63) is 99.9 Å². The van der Waals surface area contributed by atoms with Crippen molar-refractivity contribution >= 4 is 0 Å². The van der Waals surface area contributed by atoms with Gasteiger partial charge in [0.2, 0.25) is 5.82 Å². The van der Waals surface area contributed by atoms with E-state index in [-0.39, 0.29) is 5.69 Å². The monoisotopic (exact) mass is 507 g/mol. The van der Waals surface area contributed by atoms with Crippen LogP contribution < -0.4 is 5.69 Å². The molecule has 0 amide bonds. The molecule has 5 rings (SSSR count). The van der Waals surface area contributed by atoms with Crippen LogP contribution >= 0.6 is 0 Å². The Bertz CT molecular complexity index is 1580. The van der Waals surface area contributed by atoms with Gasteiger partial charge in [-0.05, 0) is 46.7 Å². The summed E-state index contributed by atoms with van der Waals surface area (Å²) in [6.45, 7) is 9.10. The Labute approximate surface area is 222 Å². The zero-order chi connectivity index (χ0) is 26.6. The molecule has 0 aliphatic heterocycles. The summed E-state index contributed by atoms with van der Waals surface area (Å²) in [5.41, 5.74) is 7.98. The Kier molecular flexibility index (Phi) is 7.31. The minimum Gasteiger partial charge on any atom is -0.292 e. The minimum atomic E-state index is -0.0113. The van der Waals surface area contributed by atoms with Crippen LogP contribution in [0.2, 0.25) is 0 Å². The van der Waals surface area contributed by atoms with Gasteiger partial charge in [0, 0.05) is 29.2 Å². The van der Waals surface area contributed by atoms with E-state index in [1.807, 2.05) is 57.9 Å². The fraction of sp³-hybridized carbons (Fsp3) is 0.300. The number of tetrazole rings is 1. The van der Waals surface area contributed by atoms with Crippen molar-refractivity contribution in [2.24, 2.45) is 0 Å². The fourth-order valence-corrected chi connectivity index (χ4v) is 5.01. The van der Waals surface area contributed by atoms with Gasteiger partial charge in [0.05, 0.1) is 17.9 Å². The predicted molar refractivity (Wildman–Crippen MR) is 149 cm³/mol. The quantitative estimate of drug-likeness (QED) is 0.282. The molecule has 0 aliphatic rings. The van der Waals surface area contributed by atoms with Gasteiger partial charge in [0.25, 0.3) is 0 Å². The summed E-state index contributed by atoms with van der Waals surface area (Å²) < 4.78 is 3.76. The normalized spacial score (nSPS) is 11.4. The Balaban J connectivity index is 1.52. The van der Waals surface area contributed by atoms with Crippen LogP contribution in [0.3, 0.4) is 0 Å². The summed E-state index contributed by atoms with van der Waals surface area (Å²) in [4.78, 5) is 18.6. The molecule has 0 saturated heterocycles. The molecule has 5 aromatic rings. The number of aryl methyl sites for hydroxylation is 2. The number of aromatic amines is 1. The van der Waals surface area contributed by atoms with Crippen molar-refractivity contribution in [1.82, 2.24) is 34.7 Å². The third-order valence-corrected chi connectivity index (χ3v) is 6.92. The summed E-state index contributed by atoms with van der Waals surface area (Å²) in [6, 6.07) is 18.2. The van der Waals surface area contributed by atoms with Gasteiger partial charge < -0.3 is 0 Å². The first-order valence-corrected chi connectivity index (χ1v) is 13.2. The molecule has 0 radical (unpaired) electrons. The minimum absolute atomic E-state index is 0.0113. The van der Waals surface area contributed by atoms with Gasteiger partial charge in [0.1, 0.15) is 0 Å². The number of pyridine rings is 1. The van der Waals surface area contributed by atoms with Gasteiger partial charge in [-0.15, -0.1) is 10.2 Å². The molecule has 0 aliphatic carbocycles. The average molecular weight is 508 g/mol. The lowest BCUT2D eigenvalue weighted by atomic mass is 9.96. The Morgan fingerprint density at radius 1 is 0.974 bits per heavy atom. The average Bonchev–Trinajstić information content (AvgIpc) is 3.58. The largest absolute Gasteiger partial charge is 0.333 e. The van der Waals surface area contributed by atoms with Gasteiger partial charge in [-0.1, -0.05) is 82.6 Å². The molecule has 8 heteroatoms. The van der Waals surface area contributed by atoms with E-state index < -0.39 is 0 Å². The van der Waals surface area contributed by atoms with Crippen LogP contribution in [0.5, 0.6) is 0 Å². The number of para-hydroxylation sites is 1. The highest BCUT2D eigenvalue weighted by Crippen LogP contribution is 2.29. The van der Waals surface area contributed by atoms with Crippen LogP contribution in [0.4, 0.5) is 0 Å². The summed E-state index contributed by atoms with van der Waals surface area (Å²) in [7, 11) is 0. The smallest absolute Gasteiger partial charge is 0.292 e. The number of imidazole rings is 1. The lowest BCUT2D eigenvalue weighted by Crippen LogP contribution is -2.26. The molecule has 3 heterocycles. The maximum absolute atomic E-state index is 13.9. The Hall–Kier alpha value is -4.33. The Morgan fingerprint density at radius 2 is 1.79 bits per heavy atom. The summed E-state index contributed by atoms with van der Waals surface area (Å²) in [6.07, 6.45) is 6.54. The van der Waals surface area contributed by atoms with E-state index in [9.17, 15) is 4.79 Å². The second kappa shape index (κ2) is 11.0. The van der Waals surface area contributed by atoms with Crippen LogP contribution in [0.1, 0.15) is 62.4 Å². The van der Waals surface area contributed by atoms with E-state index >= 15 is 0 Å². The molecule has 0 bridgehead atoms. The molecule has 38 heavy (non-hydrogen) atoms. The van der Waals surface area contributed by atoms with Crippen LogP contribution in [-0.2, 0) is 19.4 Å². The van der Waals surface area contributed by atoms with Crippen molar-refractivity contribution in [2.45, 2.75) is 59.4 Å². The second-order valence-electron chi connectivity index (χ2n) is 9.81. The van der Waals surface area contributed by atoms with E-state index in [2.05, 4.69) is 66.5 Å². The lowest BCUT2D eigenvalue weighted by molar-refractivity contribution is 0.688. The third-order valence-electron chi connectivity index (χ3n) is 6.92. The highest BCUT2D eigenvalue weighted by Gasteiger charge is 2.19. The first-order valence-electron chi connectivity index (χ1n) is 13.2. The van der Waals surface area contributed by atoms with Gasteiger partial charge in [-0.2, -0.15) is 5.21 Å². The number of hydrogen-bond donors (Lipinski definition) is 1. The van der Waals surface area contributed by atoms with Crippen molar-refractivity contribution < 1.29 is 0 Å². The fourth-order valence-electron chi connectivity index (χ4n) is 5.01. The van der Waals surface area contributed by atoms with Gasteiger partial charge in [-0.25, -0.2) is 4.79 Å². The highest BCUT2D eigenvalue weighted by atomic mass is 16.1. The van der Waals surface area contributed by atoms with E-state index in [4.69, 9.17) is 4.98 Å². The van der Waals surface area contributed by atoms with Gasteiger partial charge in [0.15, 0.2) is 0 Å². The molecule has 8 nitrogen and oxygen atoms in total. The molecule has 2 aromatic carbocycles. The SMILES string of the molecule is CCCc1cn(-c2c(CC)cccc2C(C)C)c(=O)n1Cc1ccc(-c2ccccc2-c2nn[nH]n2)nc1. The van der Waals surface area contributed by atoms with Crippen LogP contribution in [0.15, 0.2) is 71.8 Å². The molecule has 194 valence electrons. The number of hydrogen-bond acceptors (Lipinski definition) is 5. The molecule has 0 spiro atoms. The standard InChI is InChI=1S/C30H33N7O/c1-5-10-23-19-37(28-22(6-2)11-9-14-24(28)20(3)4)30(38)36(23)18-21-15-16-27(31-17-21)25-12-7-8-13-26(25)29-32-34-35-33-29/h7-9,11-17,19-20H,5-6,10,18H2,1-4H3,(H,32,33,34,35). The van der Waals surface area contributed by atoms with E-state index in [0.29, 0.717) is 18.3 Å². The van der Waals surface area contributed by atoms with Crippen molar-refractivity contribution in [1.29, 1.82) is 0 Å². The number of benzene rings is 2. The van der Waals surface area contributed by atoms with Gasteiger partial charge in [-0.3, -0.25) is 14.1 Å². The predicted octanol–water partition coefficient (Wildman–Crippen LogP) is 5.57. The molecule has 1 N–H and O–H groups in total. The van der Waals surface area contributed by atoms with Crippen molar-refractivity contribution in [3.8, 4) is 28.3 Å². The summed E-state index contributed by atoms with van der Waals surface area (Å²) in [5, 5.41) is 14.4. The molecule has 3 aromatic heterocycles. The van der Waals surface area contributed by atoms with Crippen molar-refractivity contribution in [3.63, 3.8) is 0 Å². The first kappa shape index (κ1) is 25.3. The highest BCUT2D eigenvalue weighted by molar-refractivity contribution is 5.78. The molecule has 0 unspecified atom stereocenters. The van der Waals surface area contributed by atoms with Crippen molar-refractivity contribution in [2.75, 3.05) is 0 Å². The van der Waals surface area contributed by atoms with E-state index in [1.54, 1.807) is 0 Å². The zero-order valence-corrected chi connectivity index (χ0v) is 22.3. The third kappa shape index (κ3) is 4.81. The van der Waals surface area contributed by atoms with Crippen LogP contribution in [0.25, 0.3) is 28.3 Å². The number of aromatic nitrogens is 7. The number of H-pyrrole nitrogens is 1. The maximum Gasteiger partial charge on any atom is 0.333 e. The molecular formula is C30H33N7O. The summed E-state index contributed by atoms with van der Waals surface area (Å²) in [5.74, 6) is 0.838.